The number of ether oxygens (including phenoxy) is 2. The van der Waals surface area contributed by atoms with Crippen molar-refractivity contribution in [3.63, 3.8) is 0 Å². The van der Waals surface area contributed by atoms with E-state index < -0.39 is 27.5 Å². The van der Waals surface area contributed by atoms with E-state index in [1.54, 1.807) is 75.4 Å². The predicted molar refractivity (Wildman–Crippen MR) is 141 cm³/mol. The molecule has 0 radical (unpaired) electrons. The Bertz CT molecular complexity index is 1350. The average Bonchev–Trinajstić information content (AvgIpc) is 2.87. The molecule has 1 amide bonds. The molecule has 0 fully saturated rings. The zero-order valence-electron chi connectivity index (χ0n) is 21.0. The minimum absolute atomic E-state index is 0.177. The van der Waals surface area contributed by atoms with Crippen molar-refractivity contribution in [3.8, 4) is 5.75 Å². The average molecular weight is 524 g/mol. The molecule has 0 saturated heterocycles. The molecule has 0 spiro atoms. The number of nitrogens with zero attached hydrogens (tertiary/aromatic N) is 2. The van der Waals surface area contributed by atoms with E-state index in [9.17, 15) is 18.0 Å². The zero-order chi connectivity index (χ0) is 27.1. The van der Waals surface area contributed by atoms with Gasteiger partial charge in [-0.3, -0.25) is 9.10 Å². The van der Waals surface area contributed by atoms with Crippen LogP contribution < -0.4 is 14.5 Å². The molecule has 1 N–H and O–H groups in total. The summed E-state index contributed by atoms with van der Waals surface area (Å²) < 4.78 is 37.3. The Kier molecular flexibility index (Phi) is 8.67. The number of hydrazone groups is 1. The Hall–Kier alpha value is -4.18. The fourth-order valence-electron chi connectivity index (χ4n) is 3.11. The van der Waals surface area contributed by atoms with E-state index in [-0.39, 0.29) is 11.5 Å². The van der Waals surface area contributed by atoms with Gasteiger partial charge in [-0.15, -0.1) is 0 Å². The number of carbonyl (C=O) groups is 2. The smallest absolute Gasteiger partial charge is 0.344 e. The third-order valence-electron chi connectivity index (χ3n) is 4.93. The van der Waals surface area contributed by atoms with Crippen molar-refractivity contribution in [1.29, 1.82) is 0 Å². The molecule has 0 aliphatic heterocycles. The maximum absolute atomic E-state index is 12.8. The second kappa shape index (κ2) is 11.7. The number of nitrogens with one attached hydrogen (secondary N) is 1. The summed E-state index contributed by atoms with van der Waals surface area (Å²) in [6.07, 6.45) is 1.46. The number of anilines is 1. The van der Waals surface area contributed by atoms with Gasteiger partial charge < -0.3 is 9.47 Å². The summed E-state index contributed by atoms with van der Waals surface area (Å²) in [5.41, 5.74) is 3.29. The van der Waals surface area contributed by atoms with Crippen LogP contribution in [-0.4, -0.2) is 45.8 Å². The molecule has 0 aliphatic rings. The summed E-state index contributed by atoms with van der Waals surface area (Å²) in [5.74, 6) is -0.418. The first-order valence-electron chi connectivity index (χ1n) is 11.4. The molecular weight excluding hydrogens is 494 g/mol. The number of rotatable bonds is 9. The molecule has 0 aliphatic carbocycles. The first-order valence-corrected chi connectivity index (χ1v) is 12.8. The normalized spacial score (nSPS) is 11.7. The van der Waals surface area contributed by atoms with Gasteiger partial charge in [0.2, 0.25) is 0 Å². The highest BCUT2D eigenvalue weighted by molar-refractivity contribution is 7.92. The van der Waals surface area contributed by atoms with Gasteiger partial charge in [-0.2, -0.15) is 5.10 Å². The first kappa shape index (κ1) is 27.4. The molecule has 0 bridgehead atoms. The van der Waals surface area contributed by atoms with Crippen molar-refractivity contribution in [2.75, 3.05) is 18.0 Å². The standard InChI is InChI=1S/C27H29N3O6S/c1-27(2,3)36-25(31)19-35-23-16-10-20(11-17-23)18-28-29-26(32)21-12-14-22(15-13-21)30(4)37(33,34)24-8-6-5-7-9-24/h5-18H,19H2,1-4H3,(H,29,32)/b28-18-. The molecule has 0 heterocycles. The van der Waals surface area contributed by atoms with E-state index in [1.165, 1.54) is 37.5 Å². The third kappa shape index (κ3) is 7.91. The van der Waals surface area contributed by atoms with E-state index in [1.807, 2.05) is 0 Å². The molecule has 3 aromatic rings. The number of amides is 1. The molecule has 9 nitrogen and oxygen atoms in total. The lowest BCUT2D eigenvalue weighted by Crippen LogP contribution is -2.27. The van der Waals surface area contributed by atoms with Gasteiger partial charge in [0.15, 0.2) is 6.61 Å². The van der Waals surface area contributed by atoms with Gasteiger partial charge in [0.05, 0.1) is 16.8 Å². The van der Waals surface area contributed by atoms with Crippen LogP contribution in [0.5, 0.6) is 5.75 Å². The summed E-state index contributed by atoms with van der Waals surface area (Å²) in [5, 5.41) is 3.95. The number of sulfonamides is 1. The number of carbonyl (C=O) groups excluding carboxylic acids is 2. The highest BCUT2D eigenvalue weighted by atomic mass is 32.2. The summed E-state index contributed by atoms with van der Waals surface area (Å²) in [4.78, 5) is 24.3. The Balaban J connectivity index is 1.53. The van der Waals surface area contributed by atoms with Crippen molar-refractivity contribution in [1.82, 2.24) is 5.43 Å². The van der Waals surface area contributed by atoms with Gasteiger partial charge in [0.25, 0.3) is 15.9 Å². The highest BCUT2D eigenvalue weighted by Gasteiger charge is 2.21. The lowest BCUT2D eigenvalue weighted by Gasteiger charge is -2.19. The fraction of sp³-hybridized carbons (Fsp3) is 0.222. The minimum atomic E-state index is -3.71. The zero-order valence-corrected chi connectivity index (χ0v) is 21.9. The summed E-state index contributed by atoms with van der Waals surface area (Å²) in [6, 6.07) is 21.0. The molecule has 0 atom stereocenters. The van der Waals surface area contributed by atoms with Gasteiger partial charge in [-0.25, -0.2) is 18.6 Å². The molecule has 0 aromatic heterocycles. The van der Waals surface area contributed by atoms with Crippen molar-refractivity contribution in [2.45, 2.75) is 31.3 Å². The number of hydrogen-bond acceptors (Lipinski definition) is 7. The van der Waals surface area contributed by atoms with E-state index >= 15 is 0 Å². The molecular formula is C27H29N3O6S. The maximum atomic E-state index is 12.8. The molecule has 194 valence electrons. The quantitative estimate of drug-likeness (QED) is 0.258. The van der Waals surface area contributed by atoms with E-state index in [0.717, 1.165) is 4.31 Å². The topological polar surface area (TPSA) is 114 Å². The summed E-state index contributed by atoms with van der Waals surface area (Å²) in [6.45, 7) is 5.15. The van der Waals surface area contributed by atoms with E-state index in [2.05, 4.69) is 10.5 Å². The first-order chi connectivity index (χ1) is 17.5. The Morgan fingerprint density at radius 2 is 1.57 bits per heavy atom. The molecule has 3 aromatic carbocycles. The van der Waals surface area contributed by atoms with Crippen LogP contribution in [0.25, 0.3) is 0 Å². The fourth-order valence-corrected chi connectivity index (χ4v) is 4.32. The molecule has 37 heavy (non-hydrogen) atoms. The van der Waals surface area contributed by atoms with Gasteiger partial charge >= 0.3 is 5.97 Å². The number of hydrogen-bond donors (Lipinski definition) is 1. The van der Waals surface area contributed by atoms with E-state index in [0.29, 0.717) is 22.6 Å². The van der Waals surface area contributed by atoms with Crippen LogP contribution in [0.2, 0.25) is 0 Å². The minimum Gasteiger partial charge on any atom is -0.482 e. The second-order valence-electron chi connectivity index (χ2n) is 8.98. The van der Waals surface area contributed by atoms with Crippen LogP contribution in [0.3, 0.4) is 0 Å². The number of benzene rings is 3. The monoisotopic (exact) mass is 523 g/mol. The predicted octanol–water partition coefficient (Wildman–Crippen LogP) is 4.00. The van der Waals surface area contributed by atoms with Crippen LogP contribution in [0.15, 0.2) is 88.9 Å². The molecule has 10 heteroatoms. The van der Waals surface area contributed by atoms with Crippen molar-refractivity contribution < 1.29 is 27.5 Å². The summed E-state index contributed by atoms with van der Waals surface area (Å²) >= 11 is 0. The third-order valence-corrected chi connectivity index (χ3v) is 6.73. The van der Waals surface area contributed by atoms with Crippen LogP contribution >= 0.6 is 0 Å². The van der Waals surface area contributed by atoms with Crippen LogP contribution in [-0.2, 0) is 19.6 Å². The maximum Gasteiger partial charge on any atom is 0.344 e. The molecule has 0 unspecified atom stereocenters. The Labute approximate surface area is 216 Å². The Morgan fingerprint density at radius 3 is 2.16 bits per heavy atom. The van der Waals surface area contributed by atoms with Crippen molar-refractivity contribution in [2.24, 2.45) is 5.10 Å². The van der Waals surface area contributed by atoms with Crippen molar-refractivity contribution >= 4 is 33.8 Å². The largest absolute Gasteiger partial charge is 0.482 e. The van der Waals surface area contributed by atoms with E-state index in [4.69, 9.17) is 9.47 Å². The summed E-state index contributed by atoms with van der Waals surface area (Å²) in [7, 11) is -2.26. The number of esters is 1. The molecule has 3 rings (SSSR count). The lowest BCUT2D eigenvalue weighted by atomic mass is 10.2. The Morgan fingerprint density at radius 1 is 0.946 bits per heavy atom. The van der Waals surface area contributed by atoms with Gasteiger partial charge in [-0.05, 0) is 87.0 Å². The lowest BCUT2D eigenvalue weighted by molar-refractivity contribution is -0.157. The van der Waals surface area contributed by atoms with Gasteiger partial charge in [0, 0.05) is 12.6 Å². The molecule has 0 saturated carbocycles. The van der Waals surface area contributed by atoms with Crippen LogP contribution in [0.1, 0.15) is 36.7 Å². The second-order valence-corrected chi connectivity index (χ2v) is 10.9. The highest BCUT2D eigenvalue weighted by Crippen LogP contribution is 2.22. The SMILES string of the molecule is CN(c1ccc(C(=O)N/N=C\c2ccc(OCC(=O)OC(C)(C)C)cc2)cc1)S(=O)(=O)c1ccccc1. The van der Waals surface area contributed by atoms with Gasteiger partial charge in [0.1, 0.15) is 11.4 Å². The van der Waals surface area contributed by atoms with Crippen molar-refractivity contribution in [3.05, 3.63) is 90.0 Å². The van der Waals surface area contributed by atoms with Crippen LogP contribution in [0, 0.1) is 0 Å². The van der Waals surface area contributed by atoms with Gasteiger partial charge in [-0.1, -0.05) is 18.2 Å². The van der Waals surface area contributed by atoms with Crippen LogP contribution in [0.4, 0.5) is 5.69 Å².